The maximum absolute atomic E-state index is 12.1. The number of hydrogen-bond donors (Lipinski definition) is 2. The Kier molecular flexibility index (Phi) is 6.12. The molecule has 0 radical (unpaired) electrons. The predicted octanol–water partition coefficient (Wildman–Crippen LogP) is -0.452. The molecule has 0 aliphatic heterocycles. The molecule has 1 heterocycles. The minimum atomic E-state index is -1.21. The zero-order valence-electron chi connectivity index (χ0n) is 11.7. The van der Waals surface area contributed by atoms with Crippen LogP contribution in [-0.2, 0) is 16.0 Å². The third kappa shape index (κ3) is 5.89. The molecule has 0 bridgehead atoms. The molecule has 0 fully saturated rings. The highest BCUT2D eigenvalue weighted by Gasteiger charge is 2.21. The van der Waals surface area contributed by atoms with Crippen LogP contribution in [0.3, 0.4) is 0 Å². The van der Waals surface area contributed by atoms with Crippen LogP contribution in [0, 0.1) is 0 Å². The SMILES string of the molecule is CN(CCc1ccccn1)C(=O)N(CC(N)=O)CC(=O)O. The van der Waals surface area contributed by atoms with Gasteiger partial charge >= 0.3 is 12.0 Å². The first-order chi connectivity index (χ1) is 9.90. The summed E-state index contributed by atoms with van der Waals surface area (Å²) in [5.74, 6) is -1.97. The van der Waals surface area contributed by atoms with Gasteiger partial charge in [0, 0.05) is 31.9 Å². The van der Waals surface area contributed by atoms with Gasteiger partial charge in [-0.15, -0.1) is 0 Å². The van der Waals surface area contributed by atoms with Crippen molar-refractivity contribution >= 4 is 17.9 Å². The Morgan fingerprint density at radius 2 is 2.00 bits per heavy atom. The van der Waals surface area contributed by atoms with Crippen molar-refractivity contribution in [2.75, 3.05) is 26.7 Å². The molecule has 21 heavy (non-hydrogen) atoms. The third-order valence-electron chi connectivity index (χ3n) is 2.70. The predicted molar refractivity (Wildman–Crippen MR) is 74.4 cm³/mol. The van der Waals surface area contributed by atoms with Gasteiger partial charge in [-0.25, -0.2) is 4.79 Å². The van der Waals surface area contributed by atoms with Crippen molar-refractivity contribution in [3.05, 3.63) is 30.1 Å². The van der Waals surface area contributed by atoms with Gasteiger partial charge in [0.2, 0.25) is 5.91 Å². The highest BCUT2D eigenvalue weighted by atomic mass is 16.4. The standard InChI is InChI=1S/C13H18N4O4/c1-16(7-5-10-4-2-3-6-15-10)13(21)17(8-11(14)18)9-12(19)20/h2-4,6H,5,7-9H2,1H3,(H2,14,18)(H,19,20). The van der Waals surface area contributed by atoms with Gasteiger partial charge < -0.3 is 20.6 Å². The molecule has 0 aliphatic rings. The smallest absolute Gasteiger partial charge is 0.323 e. The van der Waals surface area contributed by atoms with Crippen molar-refractivity contribution in [3.63, 3.8) is 0 Å². The topological polar surface area (TPSA) is 117 Å². The maximum atomic E-state index is 12.1. The first-order valence-corrected chi connectivity index (χ1v) is 6.30. The zero-order valence-corrected chi connectivity index (χ0v) is 11.7. The van der Waals surface area contributed by atoms with Crippen LogP contribution in [0.1, 0.15) is 5.69 Å². The van der Waals surface area contributed by atoms with Gasteiger partial charge in [-0.1, -0.05) is 6.07 Å². The number of aromatic nitrogens is 1. The molecule has 0 unspecified atom stereocenters. The average molecular weight is 294 g/mol. The minimum Gasteiger partial charge on any atom is -0.480 e. The number of urea groups is 1. The van der Waals surface area contributed by atoms with Crippen molar-refractivity contribution in [1.29, 1.82) is 0 Å². The molecule has 1 aromatic heterocycles. The van der Waals surface area contributed by atoms with Crippen molar-refractivity contribution in [2.24, 2.45) is 5.73 Å². The highest BCUT2D eigenvalue weighted by molar-refractivity contribution is 5.85. The van der Waals surface area contributed by atoms with Gasteiger partial charge in [-0.2, -0.15) is 0 Å². The Bertz CT molecular complexity index is 490. The molecular formula is C13H18N4O4. The molecule has 1 aromatic rings. The first kappa shape index (κ1) is 16.4. The lowest BCUT2D eigenvalue weighted by Crippen LogP contribution is -2.47. The molecule has 3 N–H and O–H groups in total. The monoisotopic (exact) mass is 294 g/mol. The summed E-state index contributed by atoms with van der Waals surface area (Å²) in [6, 6.07) is 4.90. The summed E-state index contributed by atoms with van der Waals surface area (Å²) >= 11 is 0. The van der Waals surface area contributed by atoms with Crippen molar-refractivity contribution in [2.45, 2.75) is 6.42 Å². The summed E-state index contributed by atoms with van der Waals surface area (Å²) in [5.41, 5.74) is 5.83. The summed E-state index contributed by atoms with van der Waals surface area (Å²) in [7, 11) is 1.53. The number of rotatable bonds is 7. The van der Waals surface area contributed by atoms with E-state index in [1.165, 1.54) is 11.9 Å². The van der Waals surface area contributed by atoms with Gasteiger partial charge in [-0.3, -0.25) is 14.6 Å². The average Bonchev–Trinajstić information content (AvgIpc) is 2.43. The van der Waals surface area contributed by atoms with Gasteiger partial charge in [-0.05, 0) is 12.1 Å². The second kappa shape index (κ2) is 7.83. The van der Waals surface area contributed by atoms with Crippen LogP contribution < -0.4 is 5.73 Å². The van der Waals surface area contributed by atoms with Crippen LogP contribution >= 0.6 is 0 Å². The van der Waals surface area contributed by atoms with Crippen molar-refractivity contribution in [3.8, 4) is 0 Å². The number of primary amides is 1. The maximum Gasteiger partial charge on any atom is 0.323 e. The number of carbonyl (C=O) groups excluding carboxylic acids is 2. The third-order valence-corrected chi connectivity index (χ3v) is 2.70. The summed E-state index contributed by atoms with van der Waals surface area (Å²) < 4.78 is 0. The number of hydrogen-bond acceptors (Lipinski definition) is 4. The second-order valence-electron chi connectivity index (χ2n) is 4.49. The Morgan fingerprint density at radius 3 is 2.52 bits per heavy atom. The molecule has 8 heteroatoms. The van der Waals surface area contributed by atoms with Crippen LogP contribution in [0.5, 0.6) is 0 Å². The Balaban J connectivity index is 2.60. The molecular weight excluding hydrogens is 276 g/mol. The second-order valence-corrected chi connectivity index (χ2v) is 4.49. The number of likely N-dealkylation sites (N-methyl/N-ethyl adjacent to an activating group) is 1. The van der Waals surface area contributed by atoms with Crippen LogP contribution in [0.4, 0.5) is 4.79 Å². The van der Waals surface area contributed by atoms with E-state index >= 15 is 0 Å². The molecule has 0 saturated carbocycles. The van der Waals surface area contributed by atoms with E-state index in [9.17, 15) is 14.4 Å². The van der Waals surface area contributed by atoms with E-state index in [2.05, 4.69) is 4.98 Å². The fraction of sp³-hybridized carbons (Fsp3) is 0.385. The molecule has 1 rings (SSSR count). The van der Waals surface area contributed by atoms with E-state index < -0.39 is 31.0 Å². The summed E-state index contributed by atoms with van der Waals surface area (Å²) in [5, 5.41) is 8.76. The molecule has 114 valence electrons. The van der Waals surface area contributed by atoms with Crippen molar-refractivity contribution in [1.82, 2.24) is 14.8 Å². The molecule has 0 spiro atoms. The van der Waals surface area contributed by atoms with E-state index in [1.807, 2.05) is 12.1 Å². The van der Waals surface area contributed by atoms with E-state index in [-0.39, 0.29) is 0 Å². The molecule has 3 amide bonds. The Labute approximate surface area is 122 Å². The molecule has 0 saturated heterocycles. The highest BCUT2D eigenvalue weighted by Crippen LogP contribution is 2.01. The van der Waals surface area contributed by atoms with Gasteiger partial charge in [0.1, 0.15) is 13.1 Å². The van der Waals surface area contributed by atoms with Gasteiger partial charge in [0.15, 0.2) is 0 Å². The fourth-order valence-electron chi connectivity index (χ4n) is 1.71. The molecule has 0 atom stereocenters. The summed E-state index contributed by atoms with van der Waals surface area (Å²) in [4.78, 5) is 40.1. The summed E-state index contributed by atoms with van der Waals surface area (Å²) in [6.45, 7) is -0.653. The number of nitrogens with two attached hydrogens (primary N) is 1. The number of pyridine rings is 1. The molecule has 8 nitrogen and oxygen atoms in total. The van der Waals surface area contributed by atoms with Crippen LogP contribution in [0.25, 0.3) is 0 Å². The Morgan fingerprint density at radius 1 is 1.29 bits per heavy atom. The van der Waals surface area contributed by atoms with E-state index in [1.54, 1.807) is 12.3 Å². The summed E-state index contributed by atoms with van der Waals surface area (Å²) in [6.07, 6.45) is 2.18. The van der Waals surface area contributed by atoms with Crippen molar-refractivity contribution < 1.29 is 19.5 Å². The largest absolute Gasteiger partial charge is 0.480 e. The number of aliphatic carboxylic acids is 1. The molecule has 0 aromatic carbocycles. The molecule has 0 aliphatic carbocycles. The Hall–Kier alpha value is -2.64. The quantitative estimate of drug-likeness (QED) is 0.706. The lowest BCUT2D eigenvalue weighted by atomic mass is 10.2. The van der Waals surface area contributed by atoms with Crippen LogP contribution in [-0.4, -0.2) is 64.5 Å². The number of carboxylic acids is 1. The number of carboxylic acid groups (broad SMARTS) is 1. The first-order valence-electron chi connectivity index (χ1n) is 6.30. The fourth-order valence-corrected chi connectivity index (χ4v) is 1.71. The zero-order chi connectivity index (χ0) is 15.8. The van der Waals surface area contributed by atoms with Gasteiger partial charge in [0.05, 0.1) is 0 Å². The normalized spacial score (nSPS) is 9.95. The number of carbonyl (C=O) groups is 3. The number of nitrogens with zero attached hydrogens (tertiary/aromatic N) is 3. The lowest BCUT2D eigenvalue weighted by molar-refractivity contribution is -0.138. The van der Waals surface area contributed by atoms with Crippen LogP contribution in [0.15, 0.2) is 24.4 Å². The van der Waals surface area contributed by atoms with E-state index in [0.29, 0.717) is 13.0 Å². The minimum absolute atomic E-state index is 0.352. The van der Waals surface area contributed by atoms with E-state index in [0.717, 1.165) is 10.6 Å². The van der Waals surface area contributed by atoms with Crippen LogP contribution in [0.2, 0.25) is 0 Å². The lowest BCUT2D eigenvalue weighted by Gasteiger charge is -2.25. The number of amides is 3. The van der Waals surface area contributed by atoms with Gasteiger partial charge in [0.25, 0.3) is 0 Å². The van der Waals surface area contributed by atoms with E-state index in [4.69, 9.17) is 10.8 Å².